The predicted octanol–water partition coefficient (Wildman–Crippen LogP) is -1.84. The highest BCUT2D eigenvalue weighted by atomic mass is 32.2. The van der Waals surface area contributed by atoms with Gasteiger partial charge in [-0.15, -0.1) is 0 Å². The van der Waals surface area contributed by atoms with Gasteiger partial charge in [0.15, 0.2) is 0 Å². The van der Waals surface area contributed by atoms with Crippen molar-refractivity contribution in [2.75, 3.05) is 18.6 Å². The maximum Gasteiger partial charge on any atom is 0.326 e. The molecule has 0 aromatic carbocycles. The molecule has 4 amide bonds. The van der Waals surface area contributed by atoms with Crippen LogP contribution in [-0.2, 0) is 24.0 Å². The molecule has 8 N–H and O–H groups in total. The number of amides is 4. The fourth-order valence-electron chi connectivity index (χ4n) is 2.24. The molecule has 166 valence electrons. The summed E-state index contributed by atoms with van der Waals surface area (Å²) in [4.78, 5) is 58.5. The van der Waals surface area contributed by atoms with E-state index in [9.17, 15) is 29.1 Å². The Morgan fingerprint density at radius 1 is 1.03 bits per heavy atom. The van der Waals surface area contributed by atoms with Gasteiger partial charge in [-0.25, -0.2) is 4.79 Å². The number of carboxylic acids is 1. The quantitative estimate of drug-likeness (QED) is 0.184. The predicted molar refractivity (Wildman–Crippen MR) is 109 cm³/mol. The summed E-state index contributed by atoms with van der Waals surface area (Å²) < 4.78 is 0. The zero-order valence-electron chi connectivity index (χ0n) is 16.9. The van der Waals surface area contributed by atoms with E-state index in [-0.39, 0.29) is 25.3 Å². The minimum absolute atomic E-state index is 0.168. The number of aliphatic carboxylic acids is 1. The van der Waals surface area contributed by atoms with Gasteiger partial charge < -0.3 is 32.5 Å². The largest absolute Gasteiger partial charge is 0.480 e. The van der Waals surface area contributed by atoms with E-state index < -0.39 is 47.7 Å². The van der Waals surface area contributed by atoms with Crippen molar-refractivity contribution in [3.05, 3.63) is 0 Å². The van der Waals surface area contributed by atoms with E-state index in [0.29, 0.717) is 12.2 Å². The Morgan fingerprint density at radius 3 is 2.14 bits per heavy atom. The number of hydrogen-bond donors (Lipinski definition) is 6. The zero-order chi connectivity index (χ0) is 22.6. The summed E-state index contributed by atoms with van der Waals surface area (Å²) in [7, 11) is 0. The van der Waals surface area contributed by atoms with Crippen molar-refractivity contribution in [2.45, 2.75) is 51.2 Å². The van der Waals surface area contributed by atoms with Crippen LogP contribution in [0.15, 0.2) is 0 Å². The highest BCUT2D eigenvalue weighted by Gasteiger charge is 2.29. The van der Waals surface area contributed by atoms with E-state index in [1.807, 2.05) is 6.26 Å². The van der Waals surface area contributed by atoms with Gasteiger partial charge in [-0.05, 0) is 30.8 Å². The summed E-state index contributed by atoms with van der Waals surface area (Å²) in [5, 5.41) is 16.3. The van der Waals surface area contributed by atoms with Crippen molar-refractivity contribution >= 4 is 41.4 Å². The Morgan fingerprint density at radius 2 is 1.66 bits per heavy atom. The van der Waals surface area contributed by atoms with Gasteiger partial charge in [0, 0.05) is 6.42 Å². The van der Waals surface area contributed by atoms with Gasteiger partial charge in [0.2, 0.25) is 23.6 Å². The molecule has 11 nitrogen and oxygen atoms in total. The lowest BCUT2D eigenvalue weighted by Gasteiger charge is -2.24. The fraction of sp³-hybridized carbons (Fsp3) is 0.706. The van der Waals surface area contributed by atoms with Crippen LogP contribution >= 0.6 is 11.8 Å². The van der Waals surface area contributed by atoms with Gasteiger partial charge in [0.25, 0.3) is 0 Å². The molecule has 0 radical (unpaired) electrons. The summed E-state index contributed by atoms with van der Waals surface area (Å²) in [5.74, 6) is -3.47. The molecular weight excluding hydrogens is 402 g/mol. The van der Waals surface area contributed by atoms with Gasteiger partial charge >= 0.3 is 5.97 Å². The van der Waals surface area contributed by atoms with E-state index >= 15 is 0 Å². The van der Waals surface area contributed by atoms with Crippen molar-refractivity contribution in [1.29, 1.82) is 0 Å². The minimum Gasteiger partial charge on any atom is -0.480 e. The van der Waals surface area contributed by atoms with Crippen molar-refractivity contribution in [3.63, 3.8) is 0 Å². The number of carboxylic acid groups (broad SMARTS) is 1. The van der Waals surface area contributed by atoms with Crippen LogP contribution in [0.4, 0.5) is 0 Å². The van der Waals surface area contributed by atoms with E-state index in [1.165, 1.54) is 0 Å². The molecule has 3 atom stereocenters. The molecular formula is C17H31N5O6S. The van der Waals surface area contributed by atoms with E-state index in [4.69, 9.17) is 11.5 Å². The molecule has 0 heterocycles. The van der Waals surface area contributed by atoms with Crippen molar-refractivity contribution in [2.24, 2.45) is 17.4 Å². The number of hydrogen-bond acceptors (Lipinski definition) is 7. The monoisotopic (exact) mass is 433 g/mol. The lowest BCUT2D eigenvalue weighted by Crippen LogP contribution is -2.55. The first-order valence-electron chi connectivity index (χ1n) is 9.12. The number of nitrogens with two attached hydrogens (primary N) is 2. The summed E-state index contributed by atoms with van der Waals surface area (Å²) in [6.45, 7) is 2.97. The maximum atomic E-state index is 12.4. The third-order valence-electron chi connectivity index (χ3n) is 3.95. The maximum absolute atomic E-state index is 12.4. The third kappa shape index (κ3) is 11.3. The van der Waals surface area contributed by atoms with Crippen LogP contribution in [0.5, 0.6) is 0 Å². The molecule has 0 rings (SSSR count). The molecule has 0 saturated carbocycles. The smallest absolute Gasteiger partial charge is 0.326 e. The number of primary amides is 1. The first kappa shape index (κ1) is 26.7. The van der Waals surface area contributed by atoms with Crippen molar-refractivity contribution in [3.8, 4) is 0 Å². The number of carbonyl (C=O) groups is 5. The number of carbonyl (C=O) groups excluding carboxylic acids is 4. The second-order valence-electron chi connectivity index (χ2n) is 6.80. The van der Waals surface area contributed by atoms with Crippen molar-refractivity contribution in [1.82, 2.24) is 16.0 Å². The van der Waals surface area contributed by atoms with Crippen molar-refractivity contribution < 1.29 is 29.1 Å². The first-order valence-corrected chi connectivity index (χ1v) is 10.5. The summed E-state index contributed by atoms with van der Waals surface area (Å²) in [6.07, 6.45) is 1.98. The zero-order valence-corrected chi connectivity index (χ0v) is 17.7. The van der Waals surface area contributed by atoms with E-state index in [0.717, 1.165) is 0 Å². The average Bonchev–Trinajstić information content (AvgIpc) is 2.64. The number of thioether (sulfide) groups is 1. The Bertz CT molecular complexity index is 601. The van der Waals surface area contributed by atoms with Crippen LogP contribution in [-0.4, -0.2) is 71.4 Å². The second-order valence-corrected chi connectivity index (χ2v) is 7.78. The molecule has 29 heavy (non-hydrogen) atoms. The standard InChI is InChI=1S/C17H31N5O6S/c1-9(2)14(16(26)21-11(17(27)28)4-5-12(19)23)22-13(24)8-20-15(25)10(18)6-7-29-3/h9-11,14H,4-8,18H2,1-3H3,(H2,19,23)(H,20,25)(H,21,26)(H,22,24)(H,27,28). The average molecular weight is 434 g/mol. The molecule has 0 saturated heterocycles. The van der Waals surface area contributed by atoms with E-state index in [2.05, 4.69) is 16.0 Å². The van der Waals surface area contributed by atoms with Gasteiger partial charge in [-0.3, -0.25) is 19.2 Å². The lowest BCUT2D eigenvalue weighted by atomic mass is 10.0. The molecule has 0 fully saturated rings. The molecule has 0 aliphatic heterocycles. The van der Waals surface area contributed by atoms with Gasteiger partial charge in [-0.2, -0.15) is 11.8 Å². The highest BCUT2D eigenvalue weighted by Crippen LogP contribution is 2.05. The summed E-state index contributed by atoms with van der Waals surface area (Å²) >= 11 is 1.55. The highest BCUT2D eigenvalue weighted by molar-refractivity contribution is 7.98. The topological polar surface area (TPSA) is 194 Å². The van der Waals surface area contributed by atoms with Gasteiger partial charge in [0.1, 0.15) is 12.1 Å². The molecule has 3 unspecified atom stereocenters. The number of nitrogens with one attached hydrogen (secondary N) is 3. The second kappa shape index (κ2) is 13.8. The molecule has 12 heteroatoms. The van der Waals surface area contributed by atoms with Crippen LogP contribution in [0.1, 0.15) is 33.1 Å². The van der Waals surface area contributed by atoms with Gasteiger partial charge in [0.05, 0.1) is 12.6 Å². The molecule has 0 aromatic heterocycles. The number of rotatable bonds is 14. The Hall–Kier alpha value is -2.34. The fourth-order valence-corrected chi connectivity index (χ4v) is 2.73. The minimum atomic E-state index is -1.32. The third-order valence-corrected chi connectivity index (χ3v) is 4.60. The van der Waals surface area contributed by atoms with Gasteiger partial charge in [-0.1, -0.05) is 13.8 Å². The Kier molecular flexibility index (Phi) is 12.7. The normalized spacial score (nSPS) is 13.8. The van der Waals surface area contributed by atoms with Crippen LogP contribution in [0.3, 0.4) is 0 Å². The molecule has 0 aromatic rings. The lowest BCUT2D eigenvalue weighted by molar-refractivity contribution is -0.142. The molecule has 0 aliphatic rings. The van der Waals surface area contributed by atoms with Crippen LogP contribution in [0.25, 0.3) is 0 Å². The molecule has 0 aliphatic carbocycles. The van der Waals surface area contributed by atoms with Crippen LogP contribution in [0.2, 0.25) is 0 Å². The summed E-state index contributed by atoms with van der Waals surface area (Å²) in [5.41, 5.74) is 10.7. The summed E-state index contributed by atoms with van der Waals surface area (Å²) in [6, 6.07) is -3.08. The molecule has 0 spiro atoms. The van der Waals surface area contributed by atoms with Crippen LogP contribution in [0, 0.1) is 5.92 Å². The SMILES string of the molecule is CSCCC(N)C(=O)NCC(=O)NC(C(=O)NC(CCC(N)=O)C(=O)O)C(C)C. The van der Waals surface area contributed by atoms with E-state index in [1.54, 1.807) is 25.6 Å². The first-order chi connectivity index (χ1) is 13.5. The van der Waals surface area contributed by atoms with Crippen LogP contribution < -0.4 is 27.4 Å². The Balaban J connectivity index is 4.77. The Labute approximate surface area is 174 Å². The molecule has 0 bridgehead atoms.